The second kappa shape index (κ2) is 3.65. The van der Waals surface area contributed by atoms with Gasteiger partial charge in [-0.1, -0.05) is 18.5 Å². The largest absolute Gasteiger partial charge is 0.396 e. The third kappa shape index (κ3) is 1.93. The van der Waals surface area contributed by atoms with Crippen LogP contribution >= 0.6 is 11.6 Å². The van der Waals surface area contributed by atoms with Gasteiger partial charge in [0.15, 0.2) is 0 Å². The number of nitrogens with two attached hydrogens (primary N) is 1. The monoisotopic (exact) mass is 211 g/mol. The highest BCUT2D eigenvalue weighted by Gasteiger charge is 2.25. The Bertz CT molecular complexity index is 334. The molecule has 1 aliphatic rings. The fraction of sp³-hybridized carbons (Fsp3) is 0.500. The van der Waals surface area contributed by atoms with Crippen molar-refractivity contribution in [3.05, 3.63) is 17.3 Å². The van der Waals surface area contributed by atoms with Crippen LogP contribution in [0.2, 0.25) is 5.02 Å². The summed E-state index contributed by atoms with van der Waals surface area (Å²) in [5.41, 5.74) is 6.40. The number of hydrogen-bond acceptors (Lipinski definition) is 3. The summed E-state index contributed by atoms with van der Waals surface area (Å²) >= 11 is 5.75. The molecule has 0 aliphatic heterocycles. The zero-order chi connectivity index (χ0) is 10.1. The molecule has 3 N–H and O–H groups in total. The van der Waals surface area contributed by atoms with E-state index in [1.165, 1.54) is 12.8 Å². The van der Waals surface area contributed by atoms with Gasteiger partial charge in [0.25, 0.3) is 0 Å². The van der Waals surface area contributed by atoms with Gasteiger partial charge in [0.1, 0.15) is 5.82 Å². The van der Waals surface area contributed by atoms with Crippen LogP contribution in [-0.4, -0.2) is 11.0 Å². The molecule has 1 saturated carbocycles. The van der Waals surface area contributed by atoms with Crippen molar-refractivity contribution in [2.75, 3.05) is 11.1 Å². The fourth-order valence-electron chi connectivity index (χ4n) is 1.79. The molecule has 2 rings (SSSR count). The minimum Gasteiger partial charge on any atom is -0.396 e. The van der Waals surface area contributed by atoms with E-state index in [9.17, 15) is 0 Å². The highest BCUT2D eigenvalue weighted by atomic mass is 35.5. The molecular weight excluding hydrogens is 198 g/mol. The van der Waals surface area contributed by atoms with Crippen LogP contribution in [0.15, 0.2) is 12.3 Å². The molecule has 1 heterocycles. The summed E-state index contributed by atoms with van der Waals surface area (Å²) < 4.78 is 0. The molecule has 1 aromatic heterocycles. The van der Waals surface area contributed by atoms with E-state index in [1.807, 2.05) is 0 Å². The van der Waals surface area contributed by atoms with Crippen LogP contribution in [0.1, 0.15) is 19.8 Å². The predicted octanol–water partition coefficient (Wildman–Crippen LogP) is 2.53. The van der Waals surface area contributed by atoms with Gasteiger partial charge < -0.3 is 11.1 Å². The van der Waals surface area contributed by atoms with Crippen LogP contribution in [0.3, 0.4) is 0 Å². The molecule has 1 aliphatic carbocycles. The predicted molar refractivity (Wildman–Crippen MR) is 59.5 cm³/mol. The third-order valence-electron chi connectivity index (χ3n) is 2.60. The maximum absolute atomic E-state index is 5.77. The van der Waals surface area contributed by atoms with Gasteiger partial charge in [0.05, 0.1) is 10.7 Å². The number of aromatic nitrogens is 1. The summed E-state index contributed by atoms with van der Waals surface area (Å²) in [6, 6.07) is 2.25. The number of nitrogen functional groups attached to an aromatic ring is 1. The average Bonchev–Trinajstić information content (AvgIpc) is 2.06. The van der Waals surface area contributed by atoms with Crippen molar-refractivity contribution in [1.82, 2.24) is 4.98 Å². The van der Waals surface area contributed by atoms with Gasteiger partial charge in [-0.05, 0) is 24.8 Å². The van der Waals surface area contributed by atoms with Crippen LogP contribution in [0.25, 0.3) is 0 Å². The molecule has 1 fully saturated rings. The van der Waals surface area contributed by atoms with E-state index in [4.69, 9.17) is 17.3 Å². The Kier molecular flexibility index (Phi) is 2.50. The summed E-state index contributed by atoms with van der Waals surface area (Å²) in [6.07, 6.45) is 4.01. The van der Waals surface area contributed by atoms with Gasteiger partial charge in [-0.25, -0.2) is 4.98 Å². The maximum Gasteiger partial charge on any atom is 0.149 e. The molecule has 1 aromatic rings. The van der Waals surface area contributed by atoms with Crippen LogP contribution in [-0.2, 0) is 0 Å². The van der Waals surface area contributed by atoms with Gasteiger partial charge in [-0.3, -0.25) is 0 Å². The molecule has 0 atom stereocenters. The minimum absolute atomic E-state index is 0.529. The first-order chi connectivity index (χ1) is 6.65. The number of anilines is 2. The summed E-state index contributed by atoms with van der Waals surface area (Å²) in [5, 5.41) is 3.89. The Hall–Kier alpha value is -0.960. The third-order valence-corrected chi connectivity index (χ3v) is 2.81. The molecular formula is C10H14ClN3. The number of pyridine rings is 1. The first-order valence-electron chi connectivity index (χ1n) is 4.82. The summed E-state index contributed by atoms with van der Waals surface area (Å²) in [5.74, 6) is 1.58. The highest BCUT2D eigenvalue weighted by molar-refractivity contribution is 6.30. The van der Waals surface area contributed by atoms with Gasteiger partial charge in [0, 0.05) is 12.2 Å². The molecule has 0 aromatic carbocycles. The Balaban J connectivity index is 2.02. The topological polar surface area (TPSA) is 50.9 Å². The van der Waals surface area contributed by atoms with Crippen LogP contribution in [0, 0.1) is 5.92 Å². The zero-order valence-electron chi connectivity index (χ0n) is 8.13. The van der Waals surface area contributed by atoms with Crippen molar-refractivity contribution >= 4 is 23.1 Å². The Morgan fingerprint density at radius 2 is 2.29 bits per heavy atom. The molecule has 0 amide bonds. The van der Waals surface area contributed by atoms with Crippen molar-refractivity contribution in [2.24, 2.45) is 5.92 Å². The molecule has 0 radical (unpaired) electrons. The number of nitrogens with one attached hydrogen (secondary N) is 1. The second-order valence-electron chi connectivity index (χ2n) is 4.01. The van der Waals surface area contributed by atoms with E-state index in [1.54, 1.807) is 12.3 Å². The van der Waals surface area contributed by atoms with Gasteiger partial charge >= 0.3 is 0 Å². The lowest BCUT2D eigenvalue weighted by Gasteiger charge is -2.33. The number of halogens is 1. The summed E-state index contributed by atoms with van der Waals surface area (Å²) in [4.78, 5) is 4.16. The average molecular weight is 212 g/mol. The van der Waals surface area contributed by atoms with Crippen LogP contribution < -0.4 is 11.1 Å². The van der Waals surface area contributed by atoms with Crippen molar-refractivity contribution in [3.8, 4) is 0 Å². The highest BCUT2D eigenvalue weighted by Crippen LogP contribution is 2.30. The van der Waals surface area contributed by atoms with Gasteiger partial charge in [-0.15, -0.1) is 0 Å². The van der Waals surface area contributed by atoms with E-state index in [-0.39, 0.29) is 0 Å². The second-order valence-corrected chi connectivity index (χ2v) is 4.45. The van der Waals surface area contributed by atoms with Crippen molar-refractivity contribution in [1.29, 1.82) is 0 Å². The Morgan fingerprint density at radius 1 is 1.57 bits per heavy atom. The first kappa shape index (κ1) is 9.59. The lowest BCUT2D eigenvalue weighted by molar-refractivity contribution is 0.308. The standard InChI is InChI=1S/C10H14ClN3/c1-6-2-8(3-6)14-10-9(12)4-7(11)5-13-10/h4-6,8H,2-3,12H2,1H3,(H,13,14). The first-order valence-corrected chi connectivity index (χ1v) is 5.20. The molecule has 0 saturated heterocycles. The maximum atomic E-state index is 5.77. The minimum atomic E-state index is 0.529. The summed E-state index contributed by atoms with van der Waals surface area (Å²) in [7, 11) is 0. The molecule has 14 heavy (non-hydrogen) atoms. The smallest absolute Gasteiger partial charge is 0.149 e. The fourth-order valence-corrected chi connectivity index (χ4v) is 1.96. The lowest BCUT2D eigenvalue weighted by Crippen LogP contribution is -2.34. The SMILES string of the molecule is CC1CC(Nc2ncc(Cl)cc2N)C1. The lowest BCUT2D eigenvalue weighted by atomic mass is 9.82. The Morgan fingerprint density at radius 3 is 2.86 bits per heavy atom. The van der Waals surface area contributed by atoms with E-state index >= 15 is 0 Å². The molecule has 4 heteroatoms. The summed E-state index contributed by atoms with van der Waals surface area (Å²) in [6.45, 7) is 2.25. The van der Waals surface area contributed by atoms with Crippen molar-refractivity contribution in [2.45, 2.75) is 25.8 Å². The number of nitrogens with zero attached hydrogens (tertiary/aromatic N) is 1. The number of rotatable bonds is 2. The molecule has 0 bridgehead atoms. The quantitative estimate of drug-likeness (QED) is 0.791. The van der Waals surface area contributed by atoms with Gasteiger partial charge in [0.2, 0.25) is 0 Å². The van der Waals surface area contributed by atoms with Crippen LogP contribution in [0.4, 0.5) is 11.5 Å². The molecule has 0 unspecified atom stereocenters. The normalized spacial score (nSPS) is 25.6. The van der Waals surface area contributed by atoms with E-state index in [0.29, 0.717) is 16.8 Å². The molecule has 3 nitrogen and oxygen atoms in total. The zero-order valence-corrected chi connectivity index (χ0v) is 8.88. The Labute approximate surface area is 88.7 Å². The number of hydrogen-bond donors (Lipinski definition) is 2. The molecule has 76 valence electrons. The van der Waals surface area contributed by atoms with E-state index in [0.717, 1.165) is 11.7 Å². The van der Waals surface area contributed by atoms with Gasteiger partial charge in [-0.2, -0.15) is 0 Å². The van der Waals surface area contributed by atoms with Crippen LogP contribution in [0.5, 0.6) is 0 Å². The van der Waals surface area contributed by atoms with Crippen molar-refractivity contribution < 1.29 is 0 Å². The molecule has 0 spiro atoms. The van der Waals surface area contributed by atoms with Crippen molar-refractivity contribution in [3.63, 3.8) is 0 Å². The van der Waals surface area contributed by atoms with E-state index in [2.05, 4.69) is 17.2 Å². The van der Waals surface area contributed by atoms with E-state index < -0.39 is 0 Å².